The minimum absolute atomic E-state index is 0.684. The fourth-order valence-electron chi connectivity index (χ4n) is 3.90. The molecule has 1 aliphatic carbocycles. The van der Waals surface area contributed by atoms with Gasteiger partial charge in [-0.25, -0.2) is 0 Å². The maximum Gasteiger partial charge on any atom is 0.0713 e. The first-order chi connectivity index (χ1) is 11.8. The summed E-state index contributed by atoms with van der Waals surface area (Å²) in [4.78, 5) is 0. The van der Waals surface area contributed by atoms with Gasteiger partial charge in [-0.15, -0.1) is 0 Å². The van der Waals surface area contributed by atoms with Crippen LogP contribution in [0.1, 0.15) is 55.7 Å². The molecule has 0 saturated heterocycles. The molecule has 0 aliphatic heterocycles. The molecule has 1 aliphatic rings. The van der Waals surface area contributed by atoms with Gasteiger partial charge in [0, 0.05) is 7.11 Å². The normalized spacial score (nSPS) is 16.8. The third-order valence-electron chi connectivity index (χ3n) is 5.35. The third-order valence-corrected chi connectivity index (χ3v) is 5.35. The van der Waals surface area contributed by atoms with Crippen molar-refractivity contribution in [2.45, 2.75) is 58.5 Å². The van der Waals surface area contributed by atoms with Crippen molar-refractivity contribution < 1.29 is 4.74 Å². The number of rotatable bonds is 7. The van der Waals surface area contributed by atoms with E-state index in [4.69, 9.17) is 4.74 Å². The van der Waals surface area contributed by atoms with Crippen molar-refractivity contribution in [3.05, 3.63) is 59.2 Å². The van der Waals surface area contributed by atoms with Gasteiger partial charge < -0.3 is 4.74 Å². The van der Waals surface area contributed by atoms with E-state index in [1.807, 2.05) is 0 Å². The summed E-state index contributed by atoms with van der Waals surface area (Å²) in [5.41, 5.74) is 7.04. The Morgan fingerprint density at radius 1 is 0.958 bits per heavy atom. The van der Waals surface area contributed by atoms with E-state index in [9.17, 15) is 0 Å². The Kier molecular flexibility index (Phi) is 6.09. The smallest absolute Gasteiger partial charge is 0.0713 e. The number of unbranched alkanes of at least 4 members (excludes halogenated alkanes) is 2. The molecule has 128 valence electrons. The van der Waals surface area contributed by atoms with E-state index >= 15 is 0 Å². The average molecular weight is 322 g/mol. The molecule has 0 amide bonds. The molecule has 24 heavy (non-hydrogen) atoms. The highest BCUT2D eigenvalue weighted by atomic mass is 16.5. The van der Waals surface area contributed by atoms with E-state index in [1.54, 1.807) is 18.2 Å². The average Bonchev–Trinajstić information content (AvgIpc) is 2.62. The lowest BCUT2D eigenvalue weighted by atomic mass is 9.80. The molecule has 0 saturated carbocycles. The number of hydrogen-bond acceptors (Lipinski definition) is 1. The number of benzene rings is 2. The maximum atomic E-state index is 5.19. The molecule has 0 bridgehead atoms. The van der Waals surface area contributed by atoms with Crippen molar-refractivity contribution >= 4 is 0 Å². The van der Waals surface area contributed by atoms with Crippen LogP contribution in [0.15, 0.2) is 42.5 Å². The molecule has 1 nitrogen and oxygen atoms in total. The van der Waals surface area contributed by atoms with Crippen LogP contribution in [0.5, 0.6) is 0 Å². The van der Waals surface area contributed by atoms with Gasteiger partial charge in [-0.05, 0) is 53.0 Å². The Morgan fingerprint density at radius 2 is 1.75 bits per heavy atom. The van der Waals surface area contributed by atoms with Crippen LogP contribution in [0, 0.1) is 5.92 Å². The maximum absolute atomic E-state index is 5.19. The number of ether oxygens (including phenoxy) is 1. The van der Waals surface area contributed by atoms with Gasteiger partial charge in [-0.2, -0.15) is 0 Å². The van der Waals surface area contributed by atoms with Crippen molar-refractivity contribution in [1.82, 2.24) is 0 Å². The highest BCUT2D eigenvalue weighted by molar-refractivity contribution is 5.65. The minimum atomic E-state index is 0.684. The molecule has 3 rings (SSSR count). The lowest BCUT2D eigenvalue weighted by Gasteiger charge is -2.25. The fraction of sp³-hybridized carbons (Fsp3) is 0.478. The Bertz CT molecular complexity index is 642. The summed E-state index contributed by atoms with van der Waals surface area (Å²) in [5, 5.41) is 0. The van der Waals surface area contributed by atoms with E-state index in [-0.39, 0.29) is 0 Å². The predicted molar refractivity (Wildman–Crippen MR) is 102 cm³/mol. The van der Waals surface area contributed by atoms with Gasteiger partial charge in [-0.1, -0.05) is 75.1 Å². The SMILES string of the molecule is CCCCCC1CCc2cc(-c3ccc(COC)cc3)ccc2C1. The summed E-state index contributed by atoms with van der Waals surface area (Å²) in [6, 6.07) is 15.9. The molecular weight excluding hydrogens is 292 g/mol. The molecule has 0 radical (unpaired) electrons. The van der Waals surface area contributed by atoms with Gasteiger partial charge in [0.15, 0.2) is 0 Å². The lowest BCUT2D eigenvalue weighted by molar-refractivity contribution is 0.185. The van der Waals surface area contributed by atoms with Crippen molar-refractivity contribution in [2.75, 3.05) is 7.11 Å². The van der Waals surface area contributed by atoms with Crippen LogP contribution >= 0.6 is 0 Å². The largest absolute Gasteiger partial charge is 0.380 e. The zero-order valence-corrected chi connectivity index (χ0v) is 15.2. The number of methoxy groups -OCH3 is 1. The van der Waals surface area contributed by atoms with Gasteiger partial charge >= 0.3 is 0 Å². The van der Waals surface area contributed by atoms with Gasteiger partial charge in [-0.3, -0.25) is 0 Å². The molecule has 0 heterocycles. The first-order valence-corrected chi connectivity index (χ1v) is 9.50. The zero-order chi connectivity index (χ0) is 16.8. The molecular formula is C23H30O. The van der Waals surface area contributed by atoms with Crippen molar-refractivity contribution in [2.24, 2.45) is 5.92 Å². The van der Waals surface area contributed by atoms with E-state index in [1.165, 1.54) is 61.6 Å². The van der Waals surface area contributed by atoms with E-state index in [0.717, 1.165) is 5.92 Å². The topological polar surface area (TPSA) is 9.23 Å². The fourth-order valence-corrected chi connectivity index (χ4v) is 3.90. The number of fused-ring (bicyclic) bond motifs is 1. The highest BCUT2D eigenvalue weighted by Gasteiger charge is 2.18. The van der Waals surface area contributed by atoms with Gasteiger partial charge in [0.2, 0.25) is 0 Å². The first-order valence-electron chi connectivity index (χ1n) is 9.50. The summed E-state index contributed by atoms with van der Waals surface area (Å²) in [6.07, 6.45) is 9.44. The van der Waals surface area contributed by atoms with Crippen molar-refractivity contribution in [3.63, 3.8) is 0 Å². The second kappa shape index (κ2) is 8.48. The van der Waals surface area contributed by atoms with Crippen molar-refractivity contribution in [3.8, 4) is 11.1 Å². The Balaban J connectivity index is 1.68. The van der Waals surface area contributed by atoms with Crippen LogP contribution in [-0.2, 0) is 24.2 Å². The van der Waals surface area contributed by atoms with Gasteiger partial charge in [0.05, 0.1) is 6.61 Å². The molecule has 2 aromatic carbocycles. The van der Waals surface area contributed by atoms with E-state index in [2.05, 4.69) is 49.4 Å². The molecule has 0 N–H and O–H groups in total. The third kappa shape index (κ3) is 4.27. The second-order valence-corrected chi connectivity index (χ2v) is 7.22. The number of aryl methyl sites for hydroxylation is 1. The summed E-state index contributed by atoms with van der Waals surface area (Å²) in [5.74, 6) is 0.906. The lowest BCUT2D eigenvalue weighted by Crippen LogP contribution is -2.14. The minimum Gasteiger partial charge on any atom is -0.380 e. The van der Waals surface area contributed by atoms with Crippen LogP contribution in [0.2, 0.25) is 0 Å². The molecule has 1 heteroatoms. The highest BCUT2D eigenvalue weighted by Crippen LogP contribution is 2.32. The first kappa shape index (κ1) is 17.2. The summed E-state index contributed by atoms with van der Waals surface area (Å²) >= 11 is 0. The standard InChI is InChI=1S/C23H30O/c1-3-4-5-6-18-7-12-23-16-22(14-13-21(23)15-18)20-10-8-19(9-11-20)17-24-2/h8-11,13-14,16,18H,3-7,12,15,17H2,1-2H3. The summed E-state index contributed by atoms with van der Waals surface area (Å²) in [6.45, 7) is 2.98. The Labute approximate surface area is 147 Å². The van der Waals surface area contributed by atoms with Crippen LogP contribution in [0.3, 0.4) is 0 Å². The van der Waals surface area contributed by atoms with Crippen molar-refractivity contribution in [1.29, 1.82) is 0 Å². The van der Waals surface area contributed by atoms with Gasteiger partial charge in [0.25, 0.3) is 0 Å². The quantitative estimate of drug-likeness (QED) is 0.553. The molecule has 2 aromatic rings. The summed E-state index contributed by atoms with van der Waals surface area (Å²) in [7, 11) is 1.74. The van der Waals surface area contributed by atoms with E-state index < -0.39 is 0 Å². The van der Waals surface area contributed by atoms with Crippen LogP contribution in [-0.4, -0.2) is 7.11 Å². The molecule has 0 fully saturated rings. The Hall–Kier alpha value is -1.60. The number of hydrogen-bond donors (Lipinski definition) is 0. The zero-order valence-electron chi connectivity index (χ0n) is 15.2. The molecule has 0 spiro atoms. The Morgan fingerprint density at radius 3 is 2.50 bits per heavy atom. The van der Waals surface area contributed by atoms with Gasteiger partial charge in [0.1, 0.15) is 0 Å². The van der Waals surface area contributed by atoms with Crippen LogP contribution < -0.4 is 0 Å². The molecule has 1 unspecified atom stereocenters. The second-order valence-electron chi connectivity index (χ2n) is 7.22. The molecule has 0 aromatic heterocycles. The summed E-state index contributed by atoms with van der Waals surface area (Å²) < 4.78 is 5.19. The van der Waals surface area contributed by atoms with Crippen LogP contribution in [0.25, 0.3) is 11.1 Å². The molecule has 1 atom stereocenters. The van der Waals surface area contributed by atoms with E-state index in [0.29, 0.717) is 6.61 Å². The predicted octanol–water partition coefficient (Wildman–Crippen LogP) is 6.19. The van der Waals surface area contributed by atoms with Crippen LogP contribution in [0.4, 0.5) is 0 Å². The monoisotopic (exact) mass is 322 g/mol.